The number of benzene rings is 2. The van der Waals surface area contributed by atoms with Crippen molar-refractivity contribution in [3.05, 3.63) is 70.7 Å². The molecular formula is C21H20ClN3O3. The topological polar surface area (TPSA) is 69.7 Å². The molecule has 2 aromatic carbocycles. The number of carbonyl (C=O) groups is 3. The van der Waals surface area contributed by atoms with Crippen LogP contribution in [-0.2, 0) is 16.0 Å². The molecule has 2 atom stereocenters. The molecule has 28 heavy (non-hydrogen) atoms. The average molecular weight is 398 g/mol. The molecule has 144 valence electrons. The fraction of sp³-hybridized carbons (Fsp3) is 0.286. The Bertz CT molecular complexity index is 901. The second kappa shape index (κ2) is 7.64. The van der Waals surface area contributed by atoms with E-state index in [4.69, 9.17) is 11.6 Å². The Hall–Kier alpha value is -2.86. The number of hydrogen-bond donors (Lipinski definition) is 1. The summed E-state index contributed by atoms with van der Waals surface area (Å²) in [6, 6.07) is 15.0. The van der Waals surface area contributed by atoms with Crippen molar-refractivity contribution >= 4 is 29.3 Å². The van der Waals surface area contributed by atoms with E-state index in [1.54, 1.807) is 34.1 Å². The first-order chi connectivity index (χ1) is 13.5. The number of carbonyl (C=O) groups excluding carboxylic acids is 3. The van der Waals surface area contributed by atoms with E-state index in [1.165, 1.54) is 0 Å². The lowest BCUT2D eigenvalue weighted by Crippen LogP contribution is -2.70. The van der Waals surface area contributed by atoms with Gasteiger partial charge in [-0.2, -0.15) is 0 Å². The van der Waals surface area contributed by atoms with Gasteiger partial charge in [0.1, 0.15) is 12.1 Å². The number of nitrogens with one attached hydrogen (secondary N) is 1. The van der Waals surface area contributed by atoms with Gasteiger partial charge in [0, 0.05) is 30.1 Å². The molecule has 0 bridgehead atoms. The SMILES string of the molecule is O=C1N[C@@H](Cc2ccc(Cl)cc2)C(=O)N2CCN(C(=O)c3ccccc3)C[C@H]12. The van der Waals surface area contributed by atoms with E-state index in [-0.39, 0.29) is 24.3 Å². The third kappa shape index (κ3) is 3.60. The summed E-state index contributed by atoms with van der Waals surface area (Å²) >= 11 is 5.90. The lowest BCUT2D eigenvalue weighted by Gasteiger charge is -2.45. The molecule has 2 aliphatic heterocycles. The lowest BCUT2D eigenvalue weighted by atomic mass is 9.98. The van der Waals surface area contributed by atoms with Crippen molar-refractivity contribution in [2.75, 3.05) is 19.6 Å². The van der Waals surface area contributed by atoms with E-state index in [1.807, 2.05) is 30.3 Å². The van der Waals surface area contributed by atoms with Crippen molar-refractivity contribution in [3.63, 3.8) is 0 Å². The monoisotopic (exact) mass is 397 g/mol. The smallest absolute Gasteiger partial charge is 0.253 e. The molecule has 2 fully saturated rings. The van der Waals surface area contributed by atoms with Gasteiger partial charge in [0.05, 0.1) is 6.54 Å². The highest BCUT2D eigenvalue weighted by atomic mass is 35.5. The Morgan fingerprint density at radius 1 is 1.04 bits per heavy atom. The normalized spacial score (nSPS) is 21.9. The van der Waals surface area contributed by atoms with Crippen LogP contribution in [0.2, 0.25) is 5.02 Å². The highest BCUT2D eigenvalue weighted by Gasteiger charge is 2.44. The van der Waals surface area contributed by atoms with Crippen molar-refractivity contribution in [3.8, 4) is 0 Å². The van der Waals surface area contributed by atoms with Crippen LogP contribution in [-0.4, -0.2) is 59.2 Å². The zero-order valence-corrected chi connectivity index (χ0v) is 15.9. The predicted octanol–water partition coefficient (Wildman–Crippen LogP) is 1.73. The maximum absolute atomic E-state index is 12.9. The van der Waals surface area contributed by atoms with Gasteiger partial charge in [0.15, 0.2) is 0 Å². The Labute approximate surface area is 168 Å². The fourth-order valence-corrected chi connectivity index (χ4v) is 3.87. The van der Waals surface area contributed by atoms with Gasteiger partial charge in [-0.3, -0.25) is 14.4 Å². The zero-order chi connectivity index (χ0) is 19.7. The highest BCUT2D eigenvalue weighted by Crippen LogP contribution is 2.20. The van der Waals surface area contributed by atoms with Crippen LogP contribution in [0.1, 0.15) is 15.9 Å². The van der Waals surface area contributed by atoms with Crippen LogP contribution in [0, 0.1) is 0 Å². The molecule has 0 aromatic heterocycles. The van der Waals surface area contributed by atoms with E-state index < -0.39 is 12.1 Å². The first-order valence-corrected chi connectivity index (χ1v) is 9.60. The number of amides is 3. The van der Waals surface area contributed by atoms with Gasteiger partial charge in [-0.25, -0.2) is 0 Å². The van der Waals surface area contributed by atoms with E-state index >= 15 is 0 Å². The second-order valence-corrected chi connectivity index (χ2v) is 7.49. The van der Waals surface area contributed by atoms with Crippen molar-refractivity contribution in [2.24, 2.45) is 0 Å². The maximum Gasteiger partial charge on any atom is 0.253 e. The first-order valence-electron chi connectivity index (χ1n) is 9.22. The first kappa shape index (κ1) is 18.5. The molecule has 7 heteroatoms. The highest BCUT2D eigenvalue weighted by molar-refractivity contribution is 6.30. The molecule has 2 saturated heterocycles. The molecule has 4 rings (SSSR count). The molecule has 6 nitrogen and oxygen atoms in total. The molecule has 2 heterocycles. The van der Waals surface area contributed by atoms with Gasteiger partial charge >= 0.3 is 0 Å². The van der Waals surface area contributed by atoms with E-state index in [9.17, 15) is 14.4 Å². The van der Waals surface area contributed by atoms with Crippen molar-refractivity contribution < 1.29 is 14.4 Å². The Kier molecular flexibility index (Phi) is 5.05. The number of hydrogen-bond acceptors (Lipinski definition) is 3. The maximum atomic E-state index is 12.9. The Morgan fingerprint density at radius 3 is 2.46 bits per heavy atom. The minimum atomic E-state index is -0.643. The Morgan fingerprint density at radius 2 is 1.75 bits per heavy atom. The number of nitrogens with zero attached hydrogens (tertiary/aromatic N) is 2. The minimum Gasteiger partial charge on any atom is -0.342 e. The van der Waals surface area contributed by atoms with Crippen LogP contribution in [0.3, 0.4) is 0 Å². The third-order valence-electron chi connectivity index (χ3n) is 5.24. The second-order valence-electron chi connectivity index (χ2n) is 7.06. The quantitative estimate of drug-likeness (QED) is 0.857. The van der Waals surface area contributed by atoms with Crippen LogP contribution in [0.5, 0.6) is 0 Å². The van der Waals surface area contributed by atoms with Crippen molar-refractivity contribution in [1.29, 1.82) is 0 Å². The van der Waals surface area contributed by atoms with E-state index in [0.29, 0.717) is 30.1 Å². The van der Waals surface area contributed by atoms with Crippen LogP contribution in [0.15, 0.2) is 54.6 Å². The zero-order valence-electron chi connectivity index (χ0n) is 15.2. The molecular weight excluding hydrogens is 378 g/mol. The summed E-state index contributed by atoms with van der Waals surface area (Å²) < 4.78 is 0. The fourth-order valence-electron chi connectivity index (χ4n) is 3.74. The molecule has 0 unspecified atom stereocenters. The lowest BCUT2D eigenvalue weighted by molar-refractivity contribution is -0.152. The number of piperazine rings is 2. The van der Waals surface area contributed by atoms with Crippen molar-refractivity contribution in [1.82, 2.24) is 15.1 Å². The van der Waals surface area contributed by atoms with E-state index in [2.05, 4.69) is 5.32 Å². The molecule has 3 amide bonds. The van der Waals surface area contributed by atoms with Crippen LogP contribution >= 0.6 is 11.6 Å². The summed E-state index contributed by atoms with van der Waals surface area (Å²) in [6.45, 7) is 0.975. The number of rotatable bonds is 3. The van der Waals surface area contributed by atoms with Crippen LogP contribution in [0.25, 0.3) is 0 Å². The molecule has 0 radical (unpaired) electrons. The standard InChI is InChI=1S/C21H20ClN3O3/c22-16-8-6-14(7-9-16)12-17-21(28)25-11-10-24(13-18(25)19(26)23-17)20(27)15-4-2-1-3-5-15/h1-9,17-18H,10-13H2,(H,23,26)/t17-,18+/m0/s1. The summed E-state index contributed by atoms with van der Waals surface area (Å²) in [7, 11) is 0. The molecule has 2 aromatic rings. The van der Waals surface area contributed by atoms with Crippen LogP contribution < -0.4 is 5.32 Å². The summed E-state index contributed by atoms with van der Waals surface area (Å²) in [5.41, 5.74) is 1.51. The average Bonchev–Trinajstić information content (AvgIpc) is 2.73. The summed E-state index contributed by atoms with van der Waals surface area (Å²) in [6.07, 6.45) is 0.414. The van der Waals surface area contributed by atoms with Crippen molar-refractivity contribution in [2.45, 2.75) is 18.5 Å². The van der Waals surface area contributed by atoms with Gasteiger partial charge < -0.3 is 15.1 Å². The summed E-state index contributed by atoms with van der Waals surface area (Å²) in [5.74, 6) is -0.445. The third-order valence-corrected chi connectivity index (χ3v) is 5.49. The minimum absolute atomic E-state index is 0.105. The molecule has 0 aliphatic carbocycles. The summed E-state index contributed by atoms with van der Waals surface area (Å²) in [5, 5.41) is 3.45. The Balaban J connectivity index is 1.45. The number of fused-ring (bicyclic) bond motifs is 1. The van der Waals surface area contributed by atoms with Gasteiger partial charge in [0.2, 0.25) is 11.8 Å². The number of halogens is 1. The van der Waals surface area contributed by atoms with Gasteiger partial charge in [-0.05, 0) is 29.8 Å². The van der Waals surface area contributed by atoms with Crippen LogP contribution in [0.4, 0.5) is 0 Å². The predicted molar refractivity (Wildman–Crippen MR) is 105 cm³/mol. The van der Waals surface area contributed by atoms with E-state index in [0.717, 1.165) is 5.56 Å². The molecule has 1 N–H and O–H groups in total. The molecule has 0 saturated carbocycles. The largest absolute Gasteiger partial charge is 0.342 e. The van der Waals surface area contributed by atoms with Gasteiger partial charge in [-0.15, -0.1) is 0 Å². The molecule has 0 spiro atoms. The van der Waals surface area contributed by atoms with Gasteiger partial charge in [-0.1, -0.05) is 41.9 Å². The summed E-state index contributed by atoms with van der Waals surface area (Å²) in [4.78, 5) is 41.5. The van der Waals surface area contributed by atoms with Gasteiger partial charge in [0.25, 0.3) is 5.91 Å². The molecule has 2 aliphatic rings.